The zero-order valence-electron chi connectivity index (χ0n) is 14.7. The minimum Gasteiger partial charge on any atom is -0.459 e. The number of fused-ring (bicyclic) bond motifs is 1. The van der Waals surface area contributed by atoms with Gasteiger partial charge in [-0.2, -0.15) is 0 Å². The van der Waals surface area contributed by atoms with Gasteiger partial charge in [0.15, 0.2) is 5.76 Å². The number of furan rings is 1. The third-order valence-corrected chi connectivity index (χ3v) is 4.92. The van der Waals surface area contributed by atoms with E-state index in [1.54, 1.807) is 28.0 Å². The second-order valence-electron chi connectivity index (χ2n) is 6.49. The van der Waals surface area contributed by atoms with Gasteiger partial charge in [-0.3, -0.25) is 24.1 Å². The van der Waals surface area contributed by atoms with Gasteiger partial charge >= 0.3 is 0 Å². The number of carbonyl (C=O) groups excluding carboxylic acids is 4. The van der Waals surface area contributed by atoms with Crippen LogP contribution in [0.2, 0.25) is 0 Å². The van der Waals surface area contributed by atoms with Gasteiger partial charge < -0.3 is 14.2 Å². The maximum Gasteiger partial charge on any atom is 0.289 e. The Balaban J connectivity index is 1.45. The Kier molecular flexibility index (Phi) is 4.02. The molecule has 0 atom stereocenters. The molecule has 27 heavy (non-hydrogen) atoms. The summed E-state index contributed by atoms with van der Waals surface area (Å²) < 4.78 is 5.13. The summed E-state index contributed by atoms with van der Waals surface area (Å²) in [4.78, 5) is 53.4. The minimum absolute atomic E-state index is 0.197. The van der Waals surface area contributed by atoms with Gasteiger partial charge in [-0.25, -0.2) is 0 Å². The zero-order chi connectivity index (χ0) is 19.1. The van der Waals surface area contributed by atoms with Crippen LogP contribution in [0.15, 0.2) is 41.0 Å². The molecule has 4 rings (SSSR count). The van der Waals surface area contributed by atoms with Gasteiger partial charge in [0, 0.05) is 38.8 Å². The number of piperazine rings is 1. The van der Waals surface area contributed by atoms with E-state index in [1.807, 2.05) is 0 Å². The van der Waals surface area contributed by atoms with Crippen molar-refractivity contribution in [3.05, 3.63) is 59.0 Å². The smallest absolute Gasteiger partial charge is 0.289 e. The van der Waals surface area contributed by atoms with Crippen LogP contribution in [0.3, 0.4) is 0 Å². The number of carbonyl (C=O) groups is 4. The van der Waals surface area contributed by atoms with E-state index in [2.05, 4.69) is 0 Å². The summed E-state index contributed by atoms with van der Waals surface area (Å²) in [7, 11) is 1.42. The van der Waals surface area contributed by atoms with Crippen molar-refractivity contribution >= 4 is 23.6 Å². The van der Waals surface area contributed by atoms with Gasteiger partial charge in [-0.1, -0.05) is 0 Å². The van der Waals surface area contributed by atoms with Gasteiger partial charge in [0.2, 0.25) is 0 Å². The first kappa shape index (κ1) is 17.0. The number of hydrogen-bond donors (Lipinski definition) is 0. The standard InChI is InChI=1S/C19H17N3O5/c1-20-17(24)13-5-4-12(11-14(13)18(20)25)16(23)21-6-8-22(9-7-21)19(26)15-3-2-10-27-15/h2-5,10-11H,6-9H2,1H3. The second-order valence-corrected chi connectivity index (χ2v) is 6.49. The molecule has 0 bridgehead atoms. The minimum atomic E-state index is -0.404. The van der Waals surface area contributed by atoms with Gasteiger partial charge in [0.1, 0.15) is 0 Å². The molecule has 2 aliphatic heterocycles. The number of rotatable bonds is 2. The van der Waals surface area contributed by atoms with Gasteiger partial charge in [-0.05, 0) is 30.3 Å². The maximum atomic E-state index is 12.8. The van der Waals surface area contributed by atoms with Crippen LogP contribution in [0.5, 0.6) is 0 Å². The van der Waals surface area contributed by atoms with E-state index in [0.29, 0.717) is 37.3 Å². The maximum absolute atomic E-state index is 12.8. The van der Waals surface area contributed by atoms with Crippen molar-refractivity contribution in [2.75, 3.05) is 33.2 Å². The highest BCUT2D eigenvalue weighted by Gasteiger charge is 2.34. The number of nitrogens with zero attached hydrogens (tertiary/aromatic N) is 3. The van der Waals surface area contributed by atoms with Crippen LogP contribution in [0.1, 0.15) is 41.6 Å². The molecule has 1 fully saturated rings. The molecule has 1 aromatic heterocycles. The van der Waals surface area contributed by atoms with Crippen LogP contribution in [0.4, 0.5) is 0 Å². The van der Waals surface area contributed by atoms with Crippen LogP contribution < -0.4 is 0 Å². The van der Waals surface area contributed by atoms with Crippen LogP contribution in [-0.2, 0) is 0 Å². The van der Waals surface area contributed by atoms with E-state index >= 15 is 0 Å². The van der Waals surface area contributed by atoms with E-state index in [4.69, 9.17) is 4.42 Å². The van der Waals surface area contributed by atoms with Crippen LogP contribution >= 0.6 is 0 Å². The monoisotopic (exact) mass is 367 g/mol. The van der Waals surface area contributed by atoms with Gasteiger partial charge in [0.05, 0.1) is 17.4 Å². The van der Waals surface area contributed by atoms with Crippen LogP contribution in [-0.4, -0.2) is 71.6 Å². The Labute approximate surface area is 154 Å². The molecule has 4 amide bonds. The molecule has 0 saturated carbocycles. The van der Waals surface area contributed by atoms with E-state index in [1.165, 1.54) is 25.4 Å². The SMILES string of the molecule is CN1C(=O)c2ccc(C(=O)N3CCN(C(=O)c4ccco4)CC3)cc2C1=O. The number of imide groups is 1. The molecular formula is C19H17N3O5. The Morgan fingerprint density at radius 3 is 2.15 bits per heavy atom. The first-order valence-electron chi connectivity index (χ1n) is 8.56. The van der Waals surface area contributed by atoms with Crippen molar-refractivity contribution < 1.29 is 23.6 Å². The fourth-order valence-electron chi connectivity index (χ4n) is 3.35. The summed E-state index contributed by atoms with van der Waals surface area (Å²) >= 11 is 0. The lowest BCUT2D eigenvalue weighted by Gasteiger charge is -2.34. The quantitative estimate of drug-likeness (QED) is 0.742. The van der Waals surface area contributed by atoms with Gasteiger partial charge in [-0.15, -0.1) is 0 Å². The normalized spacial score (nSPS) is 16.7. The van der Waals surface area contributed by atoms with E-state index < -0.39 is 5.91 Å². The molecule has 0 spiro atoms. The lowest BCUT2D eigenvalue weighted by molar-refractivity contribution is 0.0518. The number of amides is 4. The third-order valence-electron chi connectivity index (χ3n) is 4.92. The van der Waals surface area contributed by atoms with Crippen molar-refractivity contribution in [3.8, 4) is 0 Å². The lowest BCUT2D eigenvalue weighted by Crippen LogP contribution is -2.50. The molecule has 0 aliphatic carbocycles. The molecule has 0 N–H and O–H groups in total. The number of hydrogen-bond acceptors (Lipinski definition) is 5. The molecule has 138 valence electrons. The van der Waals surface area contributed by atoms with Crippen LogP contribution in [0, 0.1) is 0 Å². The fraction of sp³-hybridized carbons (Fsp3) is 0.263. The second kappa shape index (κ2) is 6.39. The first-order valence-corrected chi connectivity index (χ1v) is 8.56. The molecule has 2 aliphatic rings. The van der Waals surface area contributed by atoms with Gasteiger partial charge in [0.25, 0.3) is 23.6 Å². The molecule has 1 saturated heterocycles. The summed E-state index contributed by atoms with van der Waals surface area (Å²) in [5.41, 5.74) is 0.920. The van der Waals surface area contributed by atoms with Crippen molar-refractivity contribution in [1.82, 2.24) is 14.7 Å². The Hall–Kier alpha value is -3.42. The van der Waals surface area contributed by atoms with Crippen molar-refractivity contribution in [3.63, 3.8) is 0 Å². The largest absolute Gasteiger partial charge is 0.459 e. The molecule has 8 heteroatoms. The Morgan fingerprint density at radius 2 is 1.52 bits per heavy atom. The summed E-state index contributed by atoms with van der Waals surface area (Å²) in [6, 6.07) is 7.82. The molecule has 2 aromatic rings. The fourth-order valence-corrected chi connectivity index (χ4v) is 3.35. The van der Waals surface area contributed by atoms with Crippen LogP contribution in [0.25, 0.3) is 0 Å². The molecule has 1 aromatic carbocycles. The molecule has 0 radical (unpaired) electrons. The first-order chi connectivity index (χ1) is 13.0. The van der Waals surface area contributed by atoms with E-state index in [9.17, 15) is 19.2 Å². The summed E-state index contributed by atoms with van der Waals surface area (Å²) in [5, 5.41) is 0. The average Bonchev–Trinajstić information content (AvgIpc) is 3.31. The predicted molar refractivity (Wildman–Crippen MR) is 93.4 cm³/mol. The summed E-state index contributed by atoms with van der Waals surface area (Å²) in [5.74, 6) is -0.910. The average molecular weight is 367 g/mol. The van der Waals surface area contributed by atoms with E-state index in [0.717, 1.165) is 4.90 Å². The highest BCUT2D eigenvalue weighted by atomic mass is 16.3. The van der Waals surface area contributed by atoms with Crippen molar-refractivity contribution in [2.45, 2.75) is 0 Å². The van der Waals surface area contributed by atoms with Crippen molar-refractivity contribution in [2.24, 2.45) is 0 Å². The molecule has 0 unspecified atom stereocenters. The molecular weight excluding hydrogens is 350 g/mol. The summed E-state index contributed by atoms with van der Waals surface area (Å²) in [6.45, 7) is 1.57. The topological polar surface area (TPSA) is 91.1 Å². The molecule has 3 heterocycles. The Bertz CT molecular complexity index is 942. The van der Waals surface area contributed by atoms with E-state index in [-0.39, 0.29) is 29.0 Å². The Morgan fingerprint density at radius 1 is 0.889 bits per heavy atom. The highest BCUT2D eigenvalue weighted by molar-refractivity contribution is 6.21. The van der Waals surface area contributed by atoms with Crippen molar-refractivity contribution in [1.29, 1.82) is 0 Å². The molecule has 8 nitrogen and oxygen atoms in total. The highest BCUT2D eigenvalue weighted by Crippen LogP contribution is 2.23. The third kappa shape index (κ3) is 2.79. The summed E-state index contributed by atoms with van der Waals surface area (Å²) in [6.07, 6.45) is 1.45. The predicted octanol–water partition coefficient (Wildman–Crippen LogP) is 1.10. The lowest BCUT2D eigenvalue weighted by atomic mass is 10.0. The number of benzene rings is 1. The zero-order valence-corrected chi connectivity index (χ0v) is 14.7.